The summed E-state index contributed by atoms with van der Waals surface area (Å²) in [7, 11) is 0. The van der Waals surface area contributed by atoms with Gasteiger partial charge in [0.2, 0.25) is 0 Å². The minimum Gasteiger partial charge on any atom is -0.453 e. The van der Waals surface area contributed by atoms with E-state index in [0.29, 0.717) is 12.3 Å². The molecule has 1 fully saturated rings. The number of esters is 1. The fourth-order valence-electron chi connectivity index (χ4n) is 1.75. The van der Waals surface area contributed by atoms with Gasteiger partial charge in [-0.2, -0.15) is 0 Å². The number of ether oxygens (including phenoxy) is 1. The predicted molar refractivity (Wildman–Crippen MR) is 51.3 cm³/mol. The van der Waals surface area contributed by atoms with Crippen molar-refractivity contribution in [1.82, 2.24) is 0 Å². The molecule has 0 bridgehead atoms. The second-order valence-corrected chi connectivity index (χ2v) is 3.89. The van der Waals surface area contributed by atoms with Gasteiger partial charge in [-0.05, 0) is 25.7 Å². The highest BCUT2D eigenvalue weighted by Gasteiger charge is 2.21. The lowest BCUT2D eigenvalue weighted by atomic mass is 10.0. The summed E-state index contributed by atoms with van der Waals surface area (Å²) in [5.74, 6) is -0.449. The first-order chi connectivity index (χ1) is 6.59. The first-order valence-electron chi connectivity index (χ1n) is 5.08. The van der Waals surface area contributed by atoms with E-state index >= 15 is 0 Å². The molecule has 4 nitrogen and oxygen atoms in total. The molecule has 4 heteroatoms. The molecular weight excluding hydrogens is 182 g/mol. The second-order valence-electron chi connectivity index (χ2n) is 3.89. The molecule has 0 aliphatic heterocycles. The minimum absolute atomic E-state index is 0.303. The highest BCUT2D eigenvalue weighted by molar-refractivity contribution is 5.81. The molecular formula is C10H17NO3. The molecule has 14 heavy (non-hydrogen) atoms. The molecule has 0 heterocycles. The fraction of sp³-hybridized carbons (Fsp3) is 0.800. The van der Waals surface area contributed by atoms with Crippen LogP contribution >= 0.6 is 0 Å². The number of amides is 1. The van der Waals surface area contributed by atoms with Gasteiger partial charge in [0.15, 0.2) is 6.10 Å². The van der Waals surface area contributed by atoms with Crippen LogP contribution in [0.5, 0.6) is 0 Å². The maximum atomic E-state index is 11.3. The maximum absolute atomic E-state index is 11.3. The van der Waals surface area contributed by atoms with Crippen LogP contribution in [-0.4, -0.2) is 18.0 Å². The molecule has 0 saturated heterocycles. The standard InChI is InChI=1S/C10H17NO3/c1-7(10(11)13)14-9(12)6-8-4-2-3-5-8/h7-8H,2-6H2,1H3,(H2,11,13)/t7-/m0/s1. The molecule has 1 saturated carbocycles. The number of hydrogen-bond donors (Lipinski definition) is 1. The second kappa shape index (κ2) is 4.98. The first-order valence-corrected chi connectivity index (χ1v) is 5.08. The van der Waals surface area contributed by atoms with E-state index < -0.39 is 12.0 Å². The van der Waals surface area contributed by atoms with Gasteiger partial charge in [-0.3, -0.25) is 9.59 Å². The molecule has 0 radical (unpaired) electrons. The van der Waals surface area contributed by atoms with E-state index in [1.807, 2.05) is 0 Å². The summed E-state index contributed by atoms with van der Waals surface area (Å²) in [6, 6.07) is 0. The molecule has 0 spiro atoms. The molecule has 1 aliphatic carbocycles. The number of carbonyl (C=O) groups excluding carboxylic acids is 2. The molecule has 1 atom stereocenters. The van der Waals surface area contributed by atoms with Gasteiger partial charge < -0.3 is 10.5 Å². The smallest absolute Gasteiger partial charge is 0.306 e. The summed E-state index contributed by atoms with van der Waals surface area (Å²) in [5.41, 5.74) is 4.98. The number of hydrogen-bond acceptors (Lipinski definition) is 3. The highest BCUT2D eigenvalue weighted by Crippen LogP contribution is 2.27. The van der Waals surface area contributed by atoms with Crippen LogP contribution in [0.25, 0.3) is 0 Å². The third-order valence-corrected chi connectivity index (χ3v) is 2.64. The molecule has 80 valence electrons. The molecule has 0 aromatic rings. The van der Waals surface area contributed by atoms with Crippen LogP contribution in [0, 0.1) is 5.92 Å². The molecule has 0 unspecified atom stereocenters. The molecule has 0 aromatic carbocycles. The zero-order valence-corrected chi connectivity index (χ0v) is 8.49. The number of carbonyl (C=O) groups is 2. The number of rotatable bonds is 4. The Balaban J connectivity index is 2.24. The molecule has 1 rings (SSSR count). The van der Waals surface area contributed by atoms with Crippen molar-refractivity contribution in [3.63, 3.8) is 0 Å². The zero-order valence-electron chi connectivity index (χ0n) is 8.49. The van der Waals surface area contributed by atoms with Crippen molar-refractivity contribution in [2.24, 2.45) is 11.7 Å². The van der Waals surface area contributed by atoms with E-state index in [-0.39, 0.29) is 5.97 Å². The topological polar surface area (TPSA) is 69.4 Å². The largest absolute Gasteiger partial charge is 0.453 e. The third-order valence-electron chi connectivity index (χ3n) is 2.64. The monoisotopic (exact) mass is 199 g/mol. The van der Waals surface area contributed by atoms with Crippen molar-refractivity contribution in [3.05, 3.63) is 0 Å². The minimum atomic E-state index is -0.802. The van der Waals surface area contributed by atoms with Gasteiger partial charge in [0.05, 0.1) is 0 Å². The van der Waals surface area contributed by atoms with E-state index in [0.717, 1.165) is 12.8 Å². The molecule has 1 amide bonds. The van der Waals surface area contributed by atoms with Gasteiger partial charge in [0.25, 0.3) is 5.91 Å². The molecule has 2 N–H and O–H groups in total. The van der Waals surface area contributed by atoms with Crippen LogP contribution in [0.15, 0.2) is 0 Å². The van der Waals surface area contributed by atoms with Crippen LogP contribution < -0.4 is 5.73 Å². The fourth-order valence-corrected chi connectivity index (χ4v) is 1.75. The van der Waals surface area contributed by atoms with Crippen molar-refractivity contribution >= 4 is 11.9 Å². The van der Waals surface area contributed by atoms with Crippen LogP contribution in [0.3, 0.4) is 0 Å². The SMILES string of the molecule is C[C@H](OC(=O)CC1CCCC1)C(N)=O. The Kier molecular flexibility index (Phi) is 3.92. The lowest BCUT2D eigenvalue weighted by Crippen LogP contribution is -2.30. The van der Waals surface area contributed by atoms with Gasteiger partial charge in [0.1, 0.15) is 0 Å². The van der Waals surface area contributed by atoms with E-state index in [1.54, 1.807) is 0 Å². The molecule has 0 aromatic heterocycles. The predicted octanol–water partition coefficient (Wildman–Crippen LogP) is 0.984. The van der Waals surface area contributed by atoms with Gasteiger partial charge in [0, 0.05) is 6.42 Å². The third kappa shape index (κ3) is 3.36. The Morgan fingerprint density at radius 2 is 2.00 bits per heavy atom. The van der Waals surface area contributed by atoms with E-state index in [4.69, 9.17) is 10.5 Å². The van der Waals surface area contributed by atoms with Crippen molar-refractivity contribution in [3.8, 4) is 0 Å². The van der Waals surface area contributed by atoms with Gasteiger partial charge in [-0.15, -0.1) is 0 Å². The van der Waals surface area contributed by atoms with Crippen LogP contribution in [0.2, 0.25) is 0 Å². The average molecular weight is 199 g/mol. The zero-order chi connectivity index (χ0) is 10.6. The van der Waals surface area contributed by atoms with Crippen molar-refractivity contribution < 1.29 is 14.3 Å². The van der Waals surface area contributed by atoms with Crippen molar-refractivity contribution in [1.29, 1.82) is 0 Å². The quantitative estimate of drug-likeness (QED) is 0.686. The van der Waals surface area contributed by atoms with Gasteiger partial charge in [-0.1, -0.05) is 12.8 Å². The summed E-state index contributed by atoms with van der Waals surface area (Å²) in [4.78, 5) is 21.9. The normalized spacial score (nSPS) is 19.2. The Labute approximate surface area is 83.8 Å². The highest BCUT2D eigenvalue weighted by atomic mass is 16.5. The Morgan fingerprint density at radius 1 is 1.43 bits per heavy atom. The number of nitrogens with two attached hydrogens (primary N) is 1. The Bertz CT molecular complexity index is 221. The summed E-state index contributed by atoms with van der Waals surface area (Å²) in [6.45, 7) is 1.49. The van der Waals surface area contributed by atoms with E-state index in [1.165, 1.54) is 19.8 Å². The average Bonchev–Trinajstić information content (AvgIpc) is 2.56. The van der Waals surface area contributed by atoms with E-state index in [9.17, 15) is 9.59 Å². The van der Waals surface area contributed by atoms with Crippen molar-refractivity contribution in [2.45, 2.75) is 45.1 Å². The Hall–Kier alpha value is -1.06. The van der Waals surface area contributed by atoms with Gasteiger partial charge >= 0.3 is 5.97 Å². The van der Waals surface area contributed by atoms with E-state index in [2.05, 4.69) is 0 Å². The summed E-state index contributed by atoms with van der Waals surface area (Å²) >= 11 is 0. The van der Waals surface area contributed by atoms with Crippen LogP contribution in [0.4, 0.5) is 0 Å². The number of primary amides is 1. The first kappa shape index (κ1) is 11.0. The Morgan fingerprint density at radius 3 is 2.50 bits per heavy atom. The van der Waals surface area contributed by atoms with Gasteiger partial charge in [-0.25, -0.2) is 0 Å². The summed E-state index contributed by atoms with van der Waals surface area (Å²) in [5, 5.41) is 0. The lowest BCUT2D eigenvalue weighted by Gasteiger charge is -2.12. The van der Waals surface area contributed by atoms with Crippen LogP contribution in [-0.2, 0) is 14.3 Å². The van der Waals surface area contributed by atoms with Crippen LogP contribution in [0.1, 0.15) is 39.0 Å². The summed E-state index contributed by atoms with van der Waals surface area (Å²) in [6.07, 6.45) is 4.22. The molecule has 1 aliphatic rings. The maximum Gasteiger partial charge on any atom is 0.306 e. The lowest BCUT2D eigenvalue weighted by molar-refractivity contribution is -0.154. The summed E-state index contributed by atoms with van der Waals surface area (Å²) < 4.78 is 4.86. The van der Waals surface area contributed by atoms with Crippen molar-refractivity contribution in [2.75, 3.05) is 0 Å².